The van der Waals surface area contributed by atoms with E-state index < -0.39 is 0 Å². The maximum absolute atomic E-state index is 13.4. The van der Waals surface area contributed by atoms with Gasteiger partial charge >= 0.3 is 0 Å². The number of carbonyl (C=O) groups excluding carboxylic acids is 1. The summed E-state index contributed by atoms with van der Waals surface area (Å²) in [5.74, 6) is 1.50. The minimum Gasteiger partial charge on any atom is -0.339 e. The summed E-state index contributed by atoms with van der Waals surface area (Å²) in [5.41, 5.74) is 3.09. The van der Waals surface area contributed by atoms with Crippen LogP contribution < -0.4 is 5.32 Å². The first-order valence-corrected chi connectivity index (χ1v) is 10.3. The van der Waals surface area contributed by atoms with Gasteiger partial charge in [-0.25, -0.2) is 9.37 Å². The van der Waals surface area contributed by atoms with Gasteiger partial charge in [0, 0.05) is 30.5 Å². The highest BCUT2D eigenvalue weighted by Gasteiger charge is 2.17. The molecule has 0 saturated heterocycles. The Hall–Kier alpha value is -3.55. The number of hydrogen-bond donors (Lipinski definition) is 1. The first kappa shape index (κ1) is 20.7. The zero-order valence-corrected chi connectivity index (χ0v) is 17.7. The highest BCUT2D eigenvalue weighted by molar-refractivity contribution is 5.94. The van der Waals surface area contributed by atoms with E-state index in [1.165, 1.54) is 12.1 Å². The molecular weight excluding hydrogens is 397 g/mol. The van der Waals surface area contributed by atoms with Crippen LogP contribution in [-0.4, -0.2) is 25.4 Å². The fourth-order valence-electron chi connectivity index (χ4n) is 3.27. The van der Waals surface area contributed by atoms with Gasteiger partial charge in [0.25, 0.3) is 0 Å². The largest absolute Gasteiger partial charge is 0.339 e. The Labute approximate surface area is 179 Å². The second-order valence-corrected chi connectivity index (χ2v) is 7.85. The summed E-state index contributed by atoms with van der Waals surface area (Å²) < 4.78 is 20.4. The Morgan fingerprint density at radius 2 is 1.97 bits per heavy atom. The second kappa shape index (κ2) is 8.67. The van der Waals surface area contributed by atoms with Crippen molar-refractivity contribution in [2.24, 2.45) is 0 Å². The molecule has 0 aliphatic rings. The van der Waals surface area contributed by atoms with Gasteiger partial charge in [0.15, 0.2) is 5.82 Å². The fraction of sp³-hybridized carbons (Fsp3) is 0.304. The number of fused-ring (bicyclic) bond motifs is 1. The number of halogens is 1. The maximum Gasteiger partial charge on any atom is 0.226 e. The van der Waals surface area contributed by atoms with Crippen molar-refractivity contribution >= 4 is 17.4 Å². The number of imidazole rings is 1. The number of hydrogen-bond acceptors (Lipinski definition) is 5. The van der Waals surface area contributed by atoms with Gasteiger partial charge in [0.1, 0.15) is 23.0 Å². The first-order valence-electron chi connectivity index (χ1n) is 10.3. The van der Waals surface area contributed by atoms with E-state index in [0.717, 1.165) is 11.1 Å². The number of nitrogens with zero attached hydrogens (tertiary/aromatic N) is 4. The molecular formula is C23H24FN5O2. The molecule has 0 bridgehead atoms. The summed E-state index contributed by atoms with van der Waals surface area (Å²) in [6, 6.07) is 9.95. The van der Waals surface area contributed by atoms with E-state index in [9.17, 15) is 9.18 Å². The summed E-state index contributed by atoms with van der Waals surface area (Å²) >= 11 is 0. The lowest BCUT2D eigenvalue weighted by molar-refractivity contribution is -0.116. The predicted octanol–water partition coefficient (Wildman–Crippen LogP) is 4.92. The third kappa shape index (κ3) is 4.63. The molecule has 31 heavy (non-hydrogen) atoms. The molecule has 160 valence electrons. The highest BCUT2D eigenvalue weighted by atomic mass is 19.1. The monoisotopic (exact) mass is 421 g/mol. The van der Waals surface area contributed by atoms with Crippen molar-refractivity contribution in [3.8, 4) is 11.3 Å². The van der Waals surface area contributed by atoms with Gasteiger partial charge < -0.3 is 9.84 Å². The van der Waals surface area contributed by atoms with E-state index in [4.69, 9.17) is 4.52 Å². The Morgan fingerprint density at radius 1 is 1.19 bits per heavy atom. The van der Waals surface area contributed by atoms with Crippen molar-refractivity contribution in [2.45, 2.75) is 46.0 Å². The molecule has 0 aliphatic heterocycles. The van der Waals surface area contributed by atoms with E-state index in [2.05, 4.69) is 20.4 Å². The standard InChI is InChI=1S/C23H24FN5O2/c1-14(2)22-27-20(31-28-22)6-4-5-19(30)26-23-21(16-7-9-17(24)10-8-16)25-18-13-15(3)11-12-29(18)23/h7-14H,4-6H2,1-3H3,(H,26,30). The number of aryl methyl sites for hydroxylation is 2. The number of pyridine rings is 1. The first-order chi connectivity index (χ1) is 14.9. The molecule has 0 saturated carbocycles. The molecule has 7 nitrogen and oxygen atoms in total. The average Bonchev–Trinajstić information content (AvgIpc) is 3.34. The zero-order valence-electron chi connectivity index (χ0n) is 17.7. The highest BCUT2D eigenvalue weighted by Crippen LogP contribution is 2.29. The number of aromatic nitrogens is 4. The summed E-state index contributed by atoms with van der Waals surface area (Å²) in [4.78, 5) is 21.7. The lowest BCUT2D eigenvalue weighted by Gasteiger charge is -2.08. The van der Waals surface area contributed by atoms with Crippen LogP contribution in [0.5, 0.6) is 0 Å². The molecule has 4 aromatic rings. The molecule has 3 heterocycles. The normalized spacial score (nSPS) is 11.4. The van der Waals surface area contributed by atoms with Crippen LogP contribution in [0.15, 0.2) is 47.1 Å². The SMILES string of the molecule is Cc1ccn2c(NC(=O)CCCc3nc(C(C)C)no3)c(-c3ccc(F)cc3)nc2c1. The summed E-state index contributed by atoms with van der Waals surface area (Å²) in [6.07, 6.45) is 3.27. The van der Waals surface area contributed by atoms with E-state index in [-0.39, 0.29) is 17.6 Å². The van der Waals surface area contributed by atoms with Crippen molar-refractivity contribution in [1.29, 1.82) is 0 Å². The molecule has 0 spiro atoms. The average molecular weight is 421 g/mol. The molecule has 0 radical (unpaired) electrons. The van der Waals surface area contributed by atoms with Crippen LogP contribution in [0.25, 0.3) is 16.9 Å². The van der Waals surface area contributed by atoms with Crippen molar-refractivity contribution < 1.29 is 13.7 Å². The number of benzene rings is 1. The van der Waals surface area contributed by atoms with E-state index in [1.54, 1.807) is 12.1 Å². The van der Waals surface area contributed by atoms with Crippen molar-refractivity contribution in [2.75, 3.05) is 5.32 Å². The van der Waals surface area contributed by atoms with Gasteiger partial charge in [0.05, 0.1) is 0 Å². The number of carbonyl (C=O) groups is 1. The number of anilines is 1. The molecule has 1 amide bonds. The minimum atomic E-state index is -0.324. The van der Waals surface area contributed by atoms with Gasteiger partial charge in [-0.3, -0.25) is 9.20 Å². The van der Waals surface area contributed by atoms with Gasteiger partial charge in [0.2, 0.25) is 11.8 Å². The maximum atomic E-state index is 13.4. The molecule has 0 fully saturated rings. The molecule has 4 rings (SSSR count). The van der Waals surface area contributed by atoms with Crippen LogP contribution in [-0.2, 0) is 11.2 Å². The molecule has 0 aliphatic carbocycles. The van der Waals surface area contributed by atoms with Crippen LogP contribution in [0.2, 0.25) is 0 Å². The third-order valence-electron chi connectivity index (χ3n) is 4.95. The lowest BCUT2D eigenvalue weighted by atomic mass is 10.1. The summed E-state index contributed by atoms with van der Waals surface area (Å²) in [6.45, 7) is 5.98. The Morgan fingerprint density at radius 3 is 2.68 bits per heavy atom. The van der Waals surface area contributed by atoms with Gasteiger partial charge in [-0.05, 0) is 55.3 Å². The van der Waals surface area contributed by atoms with Crippen molar-refractivity contribution in [1.82, 2.24) is 19.5 Å². The quantitative estimate of drug-likeness (QED) is 0.458. The minimum absolute atomic E-state index is 0.144. The Kier molecular flexibility index (Phi) is 5.79. The van der Waals surface area contributed by atoms with Gasteiger partial charge in [-0.1, -0.05) is 19.0 Å². The van der Waals surface area contributed by atoms with Crippen LogP contribution in [0.3, 0.4) is 0 Å². The van der Waals surface area contributed by atoms with E-state index in [1.807, 2.05) is 43.5 Å². The molecule has 1 aromatic carbocycles. The Balaban J connectivity index is 1.51. The number of nitrogens with one attached hydrogen (secondary N) is 1. The van der Waals surface area contributed by atoms with Crippen LogP contribution in [0.4, 0.5) is 10.2 Å². The number of rotatable bonds is 7. The van der Waals surface area contributed by atoms with Crippen LogP contribution in [0, 0.1) is 12.7 Å². The smallest absolute Gasteiger partial charge is 0.226 e. The molecule has 0 unspecified atom stereocenters. The molecule has 1 N–H and O–H groups in total. The van der Waals surface area contributed by atoms with Crippen LogP contribution >= 0.6 is 0 Å². The van der Waals surface area contributed by atoms with E-state index >= 15 is 0 Å². The van der Waals surface area contributed by atoms with Crippen molar-refractivity contribution in [3.63, 3.8) is 0 Å². The predicted molar refractivity (Wildman–Crippen MR) is 115 cm³/mol. The molecule has 8 heteroatoms. The summed E-state index contributed by atoms with van der Waals surface area (Å²) in [5, 5.41) is 6.92. The zero-order chi connectivity index (χ0) is 22.0. The molecule has 3 aromatic heterocycles. The van der Waals surface area contributed by atoms with Crippen molar-refractivity contribution in [3.05, 3.63) is 65.7 Å². The second-order valence-electron chi connectivity index (χ2n) is 7.85. The van der Waals surface area contributed by atoms with E-state index in [0.29, 0.717) is 48.1 Å². The Bertz CT molecular complexity index is 1210. The fourth-order valence-corrected chi connectivity index (χ4v) is 3.27. The topological polar surface area (TPSA) is 85.3 Å². The summed E-state index contributed by atoms with van der Waals surface area (Å²) in [7, 11) is 0. The van der Waals surface area contributed by atoms with Gasteiger partial charge in [-0.15, -0.1) is 0 Å². The third-order valence-corrected chi connectivity index (χ3v) is 4.95. The lowest BCUT2D eigenvalue weighted by Crippen LogP contribution is -2.14. The van der Waals surface area contributed by atoms with Gasteiger partial charge in [-0.2, -0.15) is 4.98 Å². The molecule has 0 atom stereocenters. The van der Waals surface area contributed by atoms with Crippen LogP contribution in [0.1, 0.15) is 49.9 Å². The number of amides is 1.